The van der Waals surface area contributed by atoms with Gasteiger partial charge in [-0.25, -0.2) is 9.78 Å². The molecule has 0 unspecified atom stereocenters. The second kappa shape index (κ2) is 18.6. The first-order valence-electron chi connectivity index (χ1n) is 18.4. The molecule has 11 nitrogen and oxygen atoms in total. The standard InChI is InChI=1S/C42H46N6O5.2ClH/c43-30-11-13-31(14-12-30)48(42(52)53)37-23-27(9-15-32(37)29-7-2-1-3-8-29)6-4-5-21-47-26-45-35-22-28(10-18-36(35)47)24-44-25-39(50)33-16-19-38(49)41-34(33)17-20-40(51)46-41;;/h1-3,7-10,15-20,22-23,26,30-31,39,44,49-50H,4-6,11-14,21,24-25,43H2,(H,46,51)(H,52,53);2*1H/t30-,31-,39-;;/m0../s1. The van der Waals surface area contributed by atoms with E-state index < -0.39 is 12.2 Å². The van der Waals surface area contributed by atoms with Crippen molar-refractivity contribution in [2.75, 3.05) is 11.4 Å². The number of aromatic amines is 1. The maximum atomic E-state index is 12.7. The largest absolute Gasteiger partial charge is 0.506 e. The Labute approximate surface area is 332 Å². The van der Waals surface area contributed by atoms with Crippen LogP contribution in [-0.2, 0) is 19.5 Å². The van der Waals surface area contributed by atoms with Gasteiger partial charge < -0.3 is 35.9 Å². The Morgan fingerprint density at radius 2 is 1.71 bits per heavy atom. The number of imidazole rings is 1. The zero-order valence-corrected chi connectivity index (χ0v) is 32.1. The summed E-state index contributed by atoms with van der Waals surface area (Å²) >= 11 is 0. The molecule has 1 atom stereocenters. The number of halogens is 2. The molecule has 1 aliphatic carbocycles. The Balaban J connectivity index is 0.00000290. The molecule has 1 aliphatic rings. The van der Waals surface area contributed by atoms with Gasteiger partial charge in [-0.3, -0.25) is 9.69 Å². The molecule has 13 heteroatoms. The van der Waals surface area contributed by atoms with Crippen LogP contribution in [0.5, 0.6) is 5.75 Å². The third-order valence-corrected chi connectivity index (χ3v) is 10.5. The van der Waals surface area contributed by atoms with Gasteiger partial charge in [0, 0.05) is 48.7 Å². The van der Waals surface area contributed by atoms with Crippen molar-refractivity contribution in [2.45, 2.75) is 76.2 Å². The van der Waals surface area contributed by atoms with Crippen molar-refractivity contribution in [3.63, 3.8) is 0 Å². The number of aromatic nitrogens is 3. The average molecular weight is 788 g/mol. The summed E-state index contributed by atoms with van der Waals surface area (Å²) in [5, 5.41) is 35.4. The highest BCUT2D eigenvalue weighted by atomic mass is 35.5. The van der Waals surface area contributed by atoms with Crippen LogP contribution in [0.25, 0.3) is 33.1 Å². The van der Waals surface area contributed by atoms with Crippen molar-refractivity contribution < 1.29 is 20.1 Å². The Morgan fingerprint density at radius 1 is 0.945 bits per heavy atom. The number of phenols is 1. The smallest absolute Gasteiger partial charge is 0.412 e. The van der Waals surface area contributed by atoms with E-state index in [9.17, 15) is 24.9 Å². The van der Waals surface area contributed by atoms with E-state index in [1.165, 1.54) is 12.1 Å². The number of benzene rings is 4. The van der Waals surface area contributed by atoms with Crippen molar-refractivity contribution in [2.24, 2.45) is 5.73 Å². The molecule has 55 heavy (non-hydrogen) atoms. The number of carboxylic acid groups (broad SMARTS) is 1. The van der Waals surface area contributed by atoms with Crippen LogP contribution >= 0.6 is 24.8 Å². The van der Waals surface area contributed by atoms with Crippen LogP contribution in [0.2, 0.25) is 0 Å². The lowest BCUT2D eigenvalue weighted by Crippen LogP contribution is -2.44. The highest BCUT2D eigenvalue weighted by molar-refractivity contribution is 5.94. The van der Waals surface area contributed by atoms with Crippen LogP contribution < -0.4 is 21.5 Å². The fourth-order valence-electron chi connectivity index (χ4n) is 7.63. The number of anilines is 1. The van der Waals surface area contributed by atoms with E-state index in [4.69, 9.17) is 5.73 Å². The number of nitrogens with zero attached hydrogens (tertiary/aromatic N) is 3. The van der Waals surface area contributed by atoms with Gasteiger partial charge >= 0.3 is 6.09 Å². The Hall–Kier alpha value is -4.91. The number of aryl methyl sites for hydroxylation is 2. The number of phenolic OH excluding ortho intramolecular Hbond substituents is 1. The molecule has 0 radical (unpaired) electrons. The first-order valence-corrected chi connectivity index (χ1v) is 18.4. The van der Waals surface area contributed by atoms with Gasteiger partial charge in [0.1, 0.15) is 5.75 Å². The quantitative estimate of drug-likeness (QED) is 0.0648. The molecule has 0 bridgehead atoms. The molecule has 4 aromatic carbocycles. The highest BCUT2D eigenvalue weighted by Gasteiger charge is 2.30. The summed E-state index contributed by atoms with van der Waals surface area (Å²) in [5.41, 5.74) is 13.5. The van der Waals surface area contributed by atoms with Crippen LogP contribution in [0.3, 0.4) is 0 Å². The van der Waals surface area contributed by atoms with Gasteiger partial charge in [-0.15, -0.1) is 24.8 Å². The van der Waals surface area contributed by atoms with Crippen molar-refractivity contribution in [3.8, 4) is 16.9 Å². The van der Waals surface area contributed by atoms with E-state index in [1.807, 2.05) is 36.7 Å². The van der Waals surface area contributed by atoms with Crippen molar-refractivity contribution in [1.29, 1.82) is 0 Å². The number of rotatable bonds is 13. The molecule has 1 fully saturated rings. The number of pyridine rings is 1. The molecule has 2 heterocycles. The highest BCUT2D eigenvalue weighted by Crippen LogP contribution is 2.37. The van der Waals surface area contributed by atoms with Gasteiger partial charge in [0.25, 0.3) is 0 Å². The number of aromatic hydroxyl groups is 1. The first kappa shape index (κ1) is 41.3. The number of aliphatic hydroxyl groups is 1. The molecular weight excluding hydrogens is 739 g/mol. The molecule has 7 N–H and O–H groups in total. The number of hydrogen-bond donors (Lipinski definition) is 6. The fraction of sp³-hybridized carbons (Fsp3) is 0.310. The summed E-state index contributed by atoms with van der Waals surface area (Å²) in [6.07, 6.45) is 5.98. The second-order valence-electron chi connectivity index (χ2n) is 14.1. The number of unbranched alkanes of at least 4 members (excludes halogenated alkanes) is 1. The molecule has 290 valence electrons. The van der Waals surface area contributed by atoms with E-state index >= 15 is 0 Å². The fourth-order valence-corrected chi connectivity index (χ4v) is 7.63. The molecule has 0 spiro atoms. The molecule has 0 aliphatic heterocycles. The topological polar surface area (TPSA) is 170 Å². The van der Waals surface area contributed by atoms with Gasteiger partial charge in [0.2, 0.25) is 5.56 Å². The molecule has 2 aromatic heterocycles. The number of nitrogens with two attached hydrogens (primary N) is 1. The van der Waals surface area contributed by atoms with Crippen molar-refractivity contribution in [1.82, 2.24) is 19.9 Å². The SMILES string of the molecule is Cl.Cl.N[C@H]1CC[C@H](N(C(=O)O)c2cc(CCCCn3cnc4cc(CNC[C@H](O)c5ccc(O)c6[nH]c(=O)ccc56)ccc43)ccc2-c2ccccc2)CC1. The molecule has 1 saturated carbocycles. The summed E-state index contributed by atoms with van der Waals surface area (Å²) in [4.78, 5) is 33.4. The molecule has 6 aromatic rings. The maximum Gasteiger partial charge on any atom is 0.412 e. The Bertz CT molecular complexity index is 2270. The van der Waals surface area contributed by atoms with Crippen LogP contribution in [0.15, 0.2) is 102 Å². The van der Waals surface area contributed by atoms with Gasteiger partial charge in [-0.1, -0.05) is 54.6 Å². The zero-order chi connectivity index (χ0) is 36.9. The van der Waals surface area contributed by atoms with E-state index in [0.717, 1.165) is 90.5 Å². The summed E-state index contributed by atoms with van der Waals surface area (Å²) in [6, 6.07) is 28.6. The van der Waals surface area contributed by atoms with Gasteiger partial charge in [0.15, 0.2) is 0 Å². The molecule has 1 amide bonds. The Kier molecular flexibility index (Phi) is 14.0. The lowest BCUT2D eigenvalue weighted by atomic mass is 9.89. The minimum Gasteiger partial charge on any atom is -0.506 e. The van der Waals surface area contributed by atoms with Gasteiger partial charge in [0.05, 0.1) is 34.7 Å². The van der Waals surface area contributed by atoms with Gasteiger partial charge in [-0.2, -0.15) is 0 Å². The zero-order valence-electron chi connectivity index (χ0n) is 30.4. The van der Waals surface area contributed by atoms with E-state index in [0.29, 0.717) is 23.0 Å². The summed E-state index contributed by atoms with van der Waals surface area (Å²) < 4.78 is 2.17. The van der Waals surface area contributed by atoms with Crippen LogP contribution in [0.4, 0.5) is 10.5 Å². The molecule has 0 saturated heterocycles. The third-order valence-electron chi connectivity index (χ3n) is 10.5. The maximum absolute atomic E-state index is 12.7. The van der Waals surface area contributed by atoms with E-state index in [-0.39, 0.29) is 54.8 Å². The number of amides is 1. The minimum atomic E-state index is -0.925. The van der Waals surface area contributed by atoms with Crippen LogP contribution in [-0.4, -0.2) is 54.6 Å². The first-order chi connectivity index (χ1) is 25.7. The number of aliphatic hydroxyl groups excluding tert-OH is 1. The van der Waals surface area contributed by atoms with Crippen LogP contribution in [0.1, 0.15) is 61.3 Å². The summed E-state index contributed by atoms with van der Waals surface area (Å²) in [5.74, 6) is -0.0394. The van der Waals surface area contributed by atoms with Crippen molar-refractivity contribution in [3.05, 3.63) is 124 Å². The molecular formula is C42H48Cl2N6O5. The van der Waals surface area contributed by atoms with Crippen LogP contribution in [0, 0.1) is 0 Å². The lowest BCUT2D eigenvalue weighted by molar-refractivity contribution is 0.176. The average Bonchev–Trinajstić information content (AvgIpc) is 3.57. The number of H-pyrrole nitrogens is 1. The minimum absolute atomic E-state index is 0. The summed E-state index contributed by atoms with van der Waals surface area (Å²) in [6.45, 7) is 1.63. The second-order valence-corrected chi connectivity index (χ2v) is 14.1. The summed E-state index contributed by atoms with van der Waals surface area (Å²) in [7, 11) is 0. The monoisotopic (exact) mass is 786 g/mol. The Morgan fingerprint density at radius 3 is 2.47 bits per heavy atom. The predicted molar refractivity (Wildman–Crippen MR) is 223 cm³/mol. The third kappa shape index (κ3) is 9.49. The number of nitrogens with one attached hydrogen (secondary N) is 2. The molecule has 7 rings (SSSR count). The van der Waals surface area contributed by atoms with Crippen molar-refractivity contribution >= 4 is 58.5 Å². The van der Waals surface area contributed by atoms with E-state index in [2.05, 4.69) is 56.3 Å². The number of carbonyl (C=O) groups is 1. The normalized spacial score (nSPS) is 16.0. The predicted octanol–water partition coefficient (Wildman–Crippen LogP) is 7.69. The van der Waals surface area contributed by atoms with Gasteiger partial charge in [-0.05, 0) is 97.5 Å². The number of hydrogen-bond acceptors (Lipinski definition) is 7. The lowest BCUT2D eigenvalue weighted by Gasteiger charge is -2.35. The van der Waals surface area contributed by atoms with E-state index in [1.54, 1.807) is 17.0 Å². The number of fused-ring (bicyclic) bond motifs is 2.